The van der Waals surface area contributed by atoms with Crippen LogP contribution in [0.15, 0.2) is 47.4 Å². The van der Waals surface area contributed by atoms with E-state index < -0.39 is 0 Å². The quantitative estimate of drug-likeness (QED) is 0.593. The van der Waals surface area contributed by atoms with Crippen LogP contribution in [0.3, 0.4) is 0 Å². The minimum atomic E-state index is -0.156. The summed E-state index contributed by atoms with van der Waals surface area (Å²) < 4.78 is 10.7. The number of fused-ring (bicyclic) bond motifs is 1. The van der Waals surface area contributed by atoms with Crippen LogP contribution in [0.5, 0.6) is 11.5 Å². The molecule has 1 atom stereocenters. The number of hydrogen-bond acceptors (Lipinski definition) is 5. The molecule has 5 nitrogen and oxygen atoms in total. The molecule has 1 fully saturated rings. The molecular weight excluding hydrogens is 362 g/mol. The largest absolute Gasteiger partial charge is 0.454 e. The third-order valence-corrected chi connectivity index (χ3v) is 5.82. The molecule has 1 amide bonds. The molecule has 0 saturated carbocycles. The van der Waals surface area contributed by atoms with Crippen LogP contribution in [0.25, 0.3) is 0 Å². The summed E-state index contributed by atoms with van der Waals surface area (Å²) in [7, 11) is 0. The lowest BCUT2D eigenvalue weighted by molar-refractivity contribution is 0.0636. The normalized spacial score (nSPS) is 18.4. The zero-order chi connectivity index (χ0) is 18.8. The number of rotatable bonds is 4. The van der Waals surface area contributed by atoms with Crippen molar-refractivity contribution in [3.63, 3.8) is 0 Å². The Kier molecular flexibility index (Phi) is 5.07. The van der Waals surface area contributed by atoms with Crippen molar-refractivity contribution in [3.8, 4) is 11.5 Å². The first-order chi connectivity index (χ1) is 13.2. The lowest BCUT2D eigenvalue weighted by Crippen LogP contribution is -2.42. The number of nitrogens with zero attached hydrogens (tertiary/aromatic N) is 1. The summed E-state index contributed by atoms with van der Waals surface area (Å²) >= 11 is 1.65. The smallest absolute Gasteiger partial charge is 0.254 e. The fraction of sp³-hybridized carbons (Fsp3) is 0.333. The second kappa shape index (κ2) is 7.64. The summed E-state index contributed by atoms with van der Waals surface area (Å²) in [4.78, 5) is 28.7. The summed E-state index contributed by atoms with van der Waals surface area (Å²) in [5.74, 6) is 1.15. The van der Waals surface area contributed by atoms with Gasteiger partial charge in [0.1, 0.15) is 0 Å². The minimum Gasteiger partial charge on any atom is -0.454 e. The standard InChI is InChI=1S/C21H21NO4S/c1-27-17-7-4-14(5-8-17)20(23)16-3-2-10-22(12-16)21(24)15-6-9-18-19(11-15)26-13-25-18/h4-9,11,16H,2-3,10,12-13H2,1H3/t16-/m0/s1. The number of carbonyl (C=O) groups excluding carboxylic acids is 2. The van der Waals surface area contributed by atoms with Gasteiger partial charge in [-0.15, -0.1) is 11.8 Å². The molecule has 6 heteroatoms. The van der Waals surface area contributed by atoms with Crippen LogP contribution in [-0.4, -0.2) is 42.7 Å². The third-order valence-electron chi connectivity index (χ3n) is 5.07. The molecular formula is C21H21NO4S. The van der Waals surface area contributed by atoms with Gasteiger partial charge in [-0.3, -0.25) is 9.59 Å². The van der Waals surface area contributed by atoms with Gasteiger partial charge >= 0.3 is 0 Å². The first-order valence-corrected chi connectivity index (χ1v) is 10.3. The lowest BCUT2D eigenvalue weighted by Gasteiger charge is -2.32. The summed E-state index contributed by atoms with van der Waals surface area (Å²) in [6.45, 7) is 1.31. The molecule has 0 spiro atoms. The van der Waals surface area contributed by atoms with Gasteiger partial charge in [0.25, 0.3) is 5.91 Å². The number of ether oxygens (including phenoxy) is 2. The Hall–Kier alpha value is -2.47. The van der Waals surface area contributed by atoms with E-state index in [2.05, 4.69) is 0 Å². The van der Waals surface area contributed by atoms with E-state index >= 15 is 0 Å². The van der Waals surface area contributed by atoms with Crippen molar-refractivity contribution >= 4 is 23.5 Å². The van der Waals surface area contributed by atoms with Crippen molar-refractivity contribution in [1.29, 1.82) is 0 Å². The Morgan fingerprint density at radius 3 is 2.56 bits per heavy atom. The number of carbonyl (C=O) groups is 2. The average molecular weight is 383 g/mol. The molecule has 0 unspecified atom stereocenters. The molecule has 2 aliphatic rings. The zero-order valence-electron chi connectivity index (χ0n) is 15.1. The van der Waals surface area contributed by atoms with Crippen LogP contribution in [0, 0.1) is 5.92 Å². The summed E-state index contributed by atoms with van der Waals surface area (Å²) in [5.41, 5.74) is 1.28. The summed E-state index contributed by atoms with van der Waals surface area (Å²) in [6, 6.07) is 12.9. The number of thioether (sulfide) groups is 1. The second-order valence-electron chi connectivity index (χ2n) is 6.75. The van der Waals surface area contributed by atoms with Gasteiger partial charge in [-0.1, -0.05) is 12.1 Å². The molecule has 2 heterocycles. The Morgan fingerprint density at radius 2 is 1.78 bits per heavy atom. The number of likely N-dealkylation sites (tertiary alicyclic amines) is 1. The highest BCUT2D eigenvalue weighted by molar-refractivity contribution is 7.98. The van der Waals surface area contributed by atoms with Crippen molar-refractivity contribution in [1.82, 2.24) is 4.90 Å². The van der Waals surface area contributed by atoms with E-state index in [4.69, 9.17) is 9.47 Å². The van der Waals surface area contributed by atoms with E-state index in [9.17, 15) is 9.59 Å². The fourth-order valence-corrected chi connectivity index (χ4v) is 3.99. The van der Waals surface area contributed by atoms with Gasteiger partial charge < -0.3 is 14.4 Å². The van der Waals surface area contributed by atoms with E-state index in [1.54, 1.807) is 34.9 Å². The van der Waals surface area contributed by atoms with E-state index in [0.717, 1.165) is 23.3 Å². The molecule has 4 rings (SSSR count). The number of Topliss-reactive ketones (excluding diaryl/α,β-unsaturated/α-hetero) is 1. The second-order valence-corrected chi connectivity index (χ2v) is 7.63. The molecule has 0 aromatic heterocycles. The van der Waals surface area contributed by atoms with E-state index in [1.807, 2.05) is 30.5 Å². The van der Waals surface area contributed by atoms with Crippen LogP contribution >= 0.6 is 11.8 Å². The predicted octanol–water partition coefficient (Wildman–Crippen LogP) is 3.87. The molecule has 0 bridgehead atoms. The van der Waals surface area contributed by atoms with Gasteiger partial charge in [0.15, 0.2) is 17.3 Å². The van der Waals surface area contributed by atoms with Crippen LogP contribution in [0.1, 0.15) is 33.6 Å². The van der Waals surface area contributed by atoms with Gasteiger partial charge in [0, 0.05) is 35.0 Å². The monoisotopic (exact) mass is 383 g/mol. The first-order valence-electron chi connectivity index (χ1n) is 9.03. The van der Waals surface area contributed by atoms with Crippen LogP contribution < -0.4 is 9.47 Å². The fourth-order valence-electron chi connectivity index (χ4n) is 3.58. The number of benzene rings is 2. The Bertz CT molecular complexity index is 865. The topological polar surface area (TPSA) is 55.8 Å². The molecule has 0 radical (unpaired) electrons. The van der Waals surface area contributed by atoms with Crippen molar-refractivity contribution < 1.29 is 19.1 Å². The highest BCUT2D eigenvalue weighted by Gasteiger charge is 2.30. The van der Waals surface area contributed by atoms with E-state index in [1.165, 1.54) is 0 Å². The Balaban J connectivity index is 1.47. The molecule has 140 valence electrons. The Morgan fingerprint density at radius 1 is 1.04 bits per heavy atom. The molecule has 1 saturated heterocycles. The van der Waals surface area contributed by atoms with Crippen molar-refractivity contribution in [3.05, 3.63) is 53.6 Å². The summed E-state index contributed by atoms with van der Waals surface area (Å²) in [5, 5.41) is 0. The minimum absolute atomic E-state index is 0.0662. The number of piperidine rings is 1. The van der Waals surface area contributed by atoms with Crippen LogP contribution in [0.4, 0.5) is 0 Å². The maximum atomic E-state index is 12.9. The van der Waals surface area contributed by atoms with Crippen molar-refractivity contribution in [2.75, 3.05) is 26.1 Å². The number of hydrogen-bond donors (Lipinski definition) is 0. The van der Waals surface area contributed by atoms with Gasteiger partial charge in [-0.05, 0) is 49.4 Å². The maximum absolute atomic E-state index is 12.9. The predicted molar refractivity (Wildman–Crippen MR) is 104 cm³/mol. The lowest BCUT2D eigenvalue weighted by atomic mass is 9.89. The molecule has 2 aromatic rings. The van der Waals surface area contributed by atoms with Crippen molar-refractivity contribution in [2.45, 2.75) is 17.7 Å². The SMILES string of the molecule is CSc1ccc(C(=O)[C@H]2CCCN(C(=O)c3ccc4c(c3)OCO4)C2)cc1. The van der Waals surface area contributed by atoms with Gasteiger partial charge in [-0.25, -0.2) is 0 Å². The van der Waals surface area contributed by atoms with Gasteiger partial charge in [-0.2, -0.15) is 0 Å². The van der Waals surface area contributed by atoms with Crippen molar-refractivity contribution in [2.24, 2.45) is 5.92 Å². The highest BCUT2D eigenvalue weighted by atomic mass is 32.2. The zero-order valence-corrected chi connectivity index (χ0v) is 16.0. The molecule has 2 aliphatic heterocycles. The summed E-state index contributed by atoms with van der Waals surface area (Å²) in [6.07, 6.45) is 3.65. The molecule has 2 aromatic carbocycles. The third kappa shape index (κ3) is 3.67. The van der Waals surface area contributed by atoms with E-state index in [-0.39, 0.29) is 24.4 Å². The van der Waals surface area contributed by atoms with E-state index in [0.29, 0.717) is 30.2 Å². The van der Waals surface area contributed by atoms with Crippen LogP contribution in [0.2, 0.25) is 0 Å². The number of amides is 1. The average Bonchev–Trinajstić information content (AvgIpc) is 3.20. The number of ketones is 1. The first kappa shape index (κ1) is 17.9. The van der Waals surface area contributed by atoms with Crippen LogP contribution in [-0.2, 0) is 0 Å². The molecule has 0 aliphatic carbocycles. The Labute approximate surface area is 162 Å². The molecule has 0 N–H and O–H groups in total. The highest BCUT2D eigenvalue weighted by Crippen LogP contribution is 2.33. The van der Waals surface area contributed by atoms with Gasteiger partial charge in [0.2, 0.25) is 6.79 Å². The molecule has 27 heavy (non-hydrogen) atoms. The van der Waals surface area contributed by atoms with Gasteiger partial charge in [0.05, 0.1) is 0 Å². The maximum Gasteiger partial charge on any atom is 0.254 e.